The van der Waals surface area contributed by atoms with E-state index in [0.717, 1.165) is 6.07 Å². The molecule has 0 saturated carbocycles. The highest BCUT2D eigenvalue weighted by atomic mass is 35.5. The first-order valence-corrected chi connectivity index (χ1v) is 8.37. The van der Waals surface area contributed by atoms with E-state index in [-0.39, 0.29) is 25.5 Å². The van der Waals surface area contributed by atoms with Gasteiger partial charge in [0.15, 0.2) is 0 Å². The fraction of sp³-hybridized carbons (Fsp3) is 0. The first kappa shape index (κ1) is 16.0. The summed E-state index contributed by atoms with van der Waals surface area (Å²) in [6.45, 7) is 0. The number of halogens is 1. The zero-order valence-corrected chi connectivity index (χ0v) is 13.4. The van der Waals surface area contributed by atoms with Gasteiger partial charge in [-0.25, -0.2) is 13.2 Å². The maximum atomic E-state index is 12.7. The molecule has 7 nitrogen and oxygen atoms in total. The maximum absolute atomic E-state index is 12.7. The molecule has 0 spiro atoms. The number of aromatic nitrogens is 2. The quantitative estimate of drug-likeness (QED) is 0.742. The molecule has 0 fully saturated rings. The molecule has 3 rings (SSSR count). The lowest BCUT2D eigenvalue weighted by Gasteiger charge is -2.09. The van der Waals surface area contributed by atoms with Crippen LogP contribution in [0.3, 0.4) is 0 Å². The fourth-order valence-corrected chi connectivity index (χ4v) is 3.87. The van der Waals surface area contributed by atoms with Crippen molar-refractivity contribution in [1.29, 1.82) is 5.26 Å². The second kappa shape index (κ2) is 5.63. The van der Waals surface area contributed by atoms with E-state index in [1.807, 2.05) is 0 Å². The minimum atomic E-state index is -4.54. The minimum absolute atomic E-state index is 0.0167. The number of aromatic amines is 1. The lowest BCUT2D eigenvalue weighted by Crippen LogP contribution is -2.40. The summed E-state index contributed by atoms with van der Waals surface area (Å²) in [6.07, 6.45) is 0. The smallest absolute Gasteiger partial charge is 0.306 e. The van der Waals surface area contributed by atoms with Crippen molar-refractivity contribution in [2.24, 2.45) is 0 Å². The molecular formula is C15H8ClN3O4S. The van der Waals surface area contributed by atoms with Gasteiger partial charge in [-0.2, -0.15) is 5.26 Å². The lowest BCUT2D eigenvalue weighted by molar-refractivity contribution is 0.582. The highest BCUT2D eigenvalue weighted by Crippen LogP contribution is 2.17. The fourth-order valence-electron chi connectivity index (χ4n) is 2.27. The van der Waals surface area contributed by atoms with E-state index >= 15 is 0 Å². The number of nitriles is 1. The number of hydrogen-bond donors (Lipinski definition) is 1. The average Bonchev–Trinajstić information content (AvgIpc) is 2.54. The van der Waals surface area contributed by atoms with Gasteiger partial charge in [0.2, 0.25) is 0 Å². The van der Waals surface area contributed by atoms with Crippen LogP contribution in [0, 0.1) is 11.3 Å². The molecule has 0 radical (unpaired) electrons. The number of H-pyrrole nitrogens is 1. The summed E-state index contributed by atoms with van der Waals surface area (Å²) >= 11 is 5.80. The molecule has 9 heteroatoms. The van der Waals surface area contributed by atoms with Gasteiger partial charge in [0.05, 0.1) is 16.5 Å². The van der Waals surface area contributed by atoms with E-state index in [1.54, 1.807) is 6.07 Å². The van der Waals surface area contributed by atoms with Crippen LogP contribution in [0.4, 0.5) is 0 Å². The number of rotatable bonds is 2. The molecule has 0 aliphatic carbocycles. The Labute approximate surface area is 140 Å². The van der Waals surface area contributed by atoms with Crippen LogP contribution in [0.2, 0.25) is 5.02 Å². The Morgan fingerprint density at radius 2 is 1.83 bits per heavy atom. The summed E-state index contributed by atoms with van der Waals surface area (Å²) < 4.78 is 25.6. The molecule has 0 atom stereocenters. The molecule has 2 aromatic carbocycles. The van der Waals surface area contributed by atoms with Crippen molar-refractivity contribution in [3.05, 3.63) is 73.9 Å². The Bertz CT molecular complexity index is 1240. The van der Waals surface area contributed by atoms with Crippen molar-refractivity contribution in [2.75, 3.05) is 0 Å². The van der Waals surface area contributed by atoms with Crippen molar-refractivity contribution in [2.45, 2.75) is 4.90 Å². The summed E-state index contributed by atoms with van der Waals surface area (Å²) in [5.41, 5.74) is -2.20. The summed E-state index contributed by atoms with van der Waals surface area (Å²) in [4.78, 5) is 26.6. The van der Waals surface area contributed by atoms with Crippen LogP contribution < -0.4 is 11.2 Å². The van der Waals surface area contributed by atoms with Gasteiger partial charge in [0.25, 0.3) is 15.6 Å². The lowest BCUT2D eigenvalue weighted by atomic mass is 10.2. The third-order valence-electron chi connectivity index (χ3n) is 3.35. The van der Waals surface area contributed by atoms with Crippen LogP contribution in [-0.4, -0.2) is 17.4 Å². The Morgan fingerprint density at radius 1 is 1.12 bits per heavy atom. The van der Waals surface area contributed by atoms with E-state index in [9.17, 15) is 18.0 Å². The second-order valence-electron chi connectivity index (χ2n) is 4.80. The van der Waals surface area contributed by atoms with Crippen LogP contribution >= 0.6 is 11.6 Å². The predicted molar refractivity (Wildman–Crippen MR) is 87.6 cm³/mol. The Morgan fingerprint density at radius 3 is 2.54 bits per heavy atom. The zero-order chi connectivity index (χ0) is 17.5. The SMILES string of the molecule is N#Cc1ccccc1S(=O)(=O)n1c(=O)[nH]c2cc(Cl)ccc2c1=O. The highest BCUT2D eigenvalue weighted by Gasteiger charge is 2.25. The van der Waals surface area contributed by atoms with Gasteiger partial charge in [-0.05, 0) is 30.3 Å². The van der Waals surface area contributed by atoms with Crippen molar-refractivity contribution >= 4 is 32.5 Å². The summed E-state index contributed by atoms with van der Waals surface area (Å²) in [5, 5.41) is 9.34. The van der Waals surface area contributed by atoms with Crippen molar-refractivity contribution in [3.8, 4) is 6.07 Å². The molecule has 0 unspecified atom stereocenters. The first-order chi connectivity index (χ1) is 11.4. The topological polar surface area (TPSA) is 113 Å². The largest absolute Gasteiger partial charge is 0.343 e. The summed E-state index contributed by atoms with van der Waals surface area (Å²) in [6, 6.07) is 11.1. The second-order valence-corrected chi connectivity index (χ2v) is 6.99. The van der Waals surface area contributed by atoms with Crippen LogP contribution in [0.5, 0.6) is 0 Å². The standard InChI is InChI=1S/C15H8ClN3O4S/c16-10-5-6-11-12(7-10)18-15(21)19(14(11)20)24(22,23)13-4-2-1-3-9(13)8-17/h1-7H,(H,18,21). The van der Waals surface area contributed by atoms with Gasteiger partial charge < -0.3 is 4.98 Å². The summed E-state index contributed by atoms with van der Waals surface area (Å²) in [5.74, 6) is 0. The molecule has 1 heterocycles. The number of fused-ring (bicyclic) bond motifs is 1. The summed E-state index contributed by atoms with van der Waals surface area (Å²) in [7, 11) is -4.54. The molecule has 0 aliphatic heterocycles. The Kier molecular flexibility index (Phi) is 3.75. The van der Waals surface area contributed by atoms with E-state index in [4.69, 9.17) is 16.9 Å². The molecule has 1 N–H and O–H groups in total. The molecule has 24 heavy (non-hydrogen) atoms. The molecule has 0 amide bonds. The molecule has 0 aliphatic rings. The van der Waals surface area contributed by atoms with Gasteiger partial charge >= 0.3 is 5.69 Å². The molecule has 120 valence electrons. The van der Waals surface area contributed by atoms with Gasteiger partial charge in [0, 0.05) is 5.02 Å². The van der Waals surface area contributed by atoms with Crippen LogP contribution in [-0.2, 0) is 10.0 Å². The van der Waals surface area contributed by atoms with E-state index in [0.29, 0.717) is 0 Å². The van der Waals surface area contributed by atoms with Crippen molar-refractivity contribution < 1.29 is 8.42 Å². The van der Waals surface area contributed by atoms with Gasteiger partial charge in [-0.15, -0.1) is 3.97 Å². The van der Waals surface area contributed by atoms with Crippen LogP contribution in [0.15, 0.2) is 56.9 Å². The number of benzene rings is 2. The molecule has 0 saturated heterocycles. The van der Waals surface area contributed by atoms with Crippen LogP contribution in [0.1, 0.15) is 5.56 Å². The van der Waals surface area contributed by atoms with Crippen molar-refractivity contribution in [1.82, 2.24) is 8.96 Å². The predicted octanol–water partition coefficient (Wildman–Crippen LogP) is 1.45. The van der Waals surface area contributed by atoms with Gasteiger partial charge in [-0.1, -0.05) is 23.7 Å². The number of nitrogens with one attached hydrogen (secondary N) is 1. The normalized spacial score (nSPS) is 11.3. The molecule has 0 bridgehead atoms. The third kappa shape index (κ3) is 2.40. The first-order valence-electron chi connectivity index (χ1n) is 6.55. The Balaban J connectivity index is 2.42. The average molecular weight is 362 g/mol. The third-order valence-corrected chi connectivity index (χ3v) is 5.31. The molecule has 1 aromatic heterocycles. The number of nitrogens with zero attached hydrogens (tertiary/aromatic N) is 2. The van der Waals surface area contributed by atoms with E-state index in [1.165, 1.54) is 36.4 Å². The zero-order valence-electron chi connectivity index (χ0n) is 11.9. The van der Waals surface area contributed by atoms with Crippen molar-refractivity contribution in [3.63, 3.8) is 0 Å². The minimum Gasteiger partial charge on any atom is -0.306 e. The van der Waals surface area contributed by atoms with Gasteiger partial charge in [0.1, 0.15) is 11.0 Å². The van der Waals surface area contributed by atoms with E-state index < -0.39 is 26.2 Å². The molecular weight excluding hydrogens is 354 g/mol. The number of hydrogen-bond acceptors (Lipinski definition) is 5. The monoisotopic (exact) mass is 361 g/mol. The highest BCUT2D eigenvalue weighted by molar-refractivity contribution is 7.90. The van der Waals surface area contributed by atoms with Gasteiger partial charge in [-0.3, -0.25) is 4.79 Å². The Hall–Kier alpha value is -2.89. The maximum Gasteiger partial charge on any atom is 0.343 e. The van der Waals surface area contributed by atoms with E-state index in [2.05, 4.69) is 4.98 Å². The molecule has 3 aromatic rings. The van der Waals surface area contributed by atoms with Crippen LogP contribution in [0.25, 0.3) is 10.9 Å².